The average molecular weight is 305 g/mol. The lowest BCUT2D eigenvalue weighted by Gasteiger charge is -2.24. The van der Waals surface area contributed by atoms with Crippen LogP contribution in [0.1, 0.15) is 37.7 Å². The van der Waals surface area contributed by atoms with Gasteiger partial charge in [-0.2, -0.15) is 0 Å². The number of carbonyl (C=O) groups excluding carboxylic acids is 1. The highest BCUT2D eigenvalue weighted by Crippen LogP contribution is 2.23. The molecule has 2 aromatic rings. The molecular weight excluding hydrogens is 284 g/mol. The number of carbonyl (C=O) groups is 1. The van der Waals surface area contributed by atoms with Gasteiger partial charge in [0.2, 0.25) is 0 Å². The van der Waals surface area contributed by atoms with Crippen molar-refractivity contribution in [3.8, 4) is 0 Å². The van der Waals surface area contributed by atoms with Gasteiger partial charge in [0.25, 0.3) is 5.91 Å². The van der Waals surface area contributed by atoms with Gasteiger partial charge in [0.15, 0.2) is 0 Å². The molecule has 0 aliphatic carbocycles. The highest BCUT2D eigenvalue weighted by molar-refractivity contribution is 6.34. The quantitative estimate of drug-likeness (QED) is 0.767. The average Bonchev–Trinajstić information content (AvgIpc) is 2.51. The van der Waals surface area contributed by atoms with Gasteiger partial charge >= 0.3 is 0 Å². The van der Waals surface area contributed by atoms with Gasteiger partial charge < -0.3 is 4.90 Å². The van der Waals surface area contributed by atoms with Crippen molar-refractivity contribution in [3.63, 3.8) is 0 Å². The second-order valence-electron chi connectivity index (χ2n) is 5.38. The Morgan fingerprint density at radius 2 is 2.05 bits per heavy atom. The molecule has 1 aromatic carbocycles. The van der Waals surface area contributed by atoms with Crippen LogP contribution in [0.2, 0.25) is 5.15 Å². The summed E-state index contributed by atoms with van der Waals surface area (Å²) in [6.45, 7) is 7.70. The highest BCUT2D eigenvalue weighted by Gasteiger charge is 2.18. The number of hydrogen-bond acceptors (Lipinski definition) is 2. The fourth-order valence-electron chi connectivity index (χ4n) is 2.29. The lowest BCUT2D eigenvalue weighted by molar-refractivity contribution is 0.0735. The number of pyridine rings is 1. The van der Waals surface area contributed by atoms with Crippen LogP contribution in [0, 0.1) is 5.92 Å². The van der Waals surface area contributed by atoms with E-state index in [1.807, 2.05) is 42.2 Å². The molecule has 0 aliphatic rings. The third-order valence-electron chi connectivity index (χ3n) is 3.81. The summed E-state index contributed by atoms with van der Waals surface area (Å²) in [6, 6.07) is 9.53. The first kappa shape index (κ1) is 15.8. The lowest BCUT2D eigenvalue weighted by atomic mass is 10.1. The fraction of sp³-hybridized carbons (Fsp3) is 0.412. The van der Waals surface area contributed by atoms with E-state index in [9.17, 15) is 4.79 Å². The Kier molecular flexibility index (Phi) is 5.18. The molecule has 0 bridgehead atoms. The van der Waals surface area contributed by atoms with E-state index in [1.54, 1.807) is 0 Å². The smallest absolute Gasteiger partial charge is 0.272 e. The van der Waals surface area contributed by atoms with Crippen LogP contribution in [0.15, 0.2) is 30.3 Å². The molecule has 0 radical (unpaired) electrons. The molecule has 1 unspecified atom stereocenters. The summed E-state index contributed by atoms with van der Waals surface area (Å²) in [4.78, 5) is 18.7. The van der Waals surface area contributed by atoms with Crippen molar-refractivity contribution in [2.45, 2.75) is 27.2 Å². The Morgan fingerprint density at radius 1 is 1.33 bits per heavy atom. The third-order valence-corrected chi connectivity index (χ3v) is 4.10. The van der Waals surface area contributed by atoms with Gasteiger partial charge in [-0.1, -0.05) is 56.1 Å². The molecule has 0 saturated heterocycles. The first-order valence-corrected chi connectivity index (χ1v) is 7.79. The van der Waals surface area contributed by atoms with Crippen molar-refractivity contribution in [1.82, 2.24) is 9.88 Å². The van der Waals surface area contributed by atoms with Gasteiger partial charge in [-0.3, -0.25) is 4.79 Å². The van der Waals surface area contributed by atoms with Crippen molar-refractivity contribution >= 4 is 28.3 Å². The largest absolute Gasteiger partial charge is 0.337 e. The van der Waals surface area contributed by atoms with Crippen LogP contribution in [0.3, 0.4) is 0 Å². The lowest BCUT2D eigenvalue weighted by Crippen LogP contribution is -2.35. The molecule has 3 nitrogen and oxygen atoms in total. The molecule has 1 aromatic heterocycles. The Morgan fingerprint density at radius 3 is 2.71 bits per heavy atom. The van der Waals surface area contributed by atoms with Crippen molar-refractivity contribution in [1.29, 1.82) is 0 Å². The topological polar surface area (TPSA) is 33.2 Å². The molecule has 2 rings (SSSR count). The minimum absolute atomic E-state index is 0.0505. The second-order valence-corrected chi connectivity index (χ2v) is 5.73. The van der Waals surface area contributed by atoms with Crippen LogP contribution >= 0.6 is 11.6 Å². The molecule has 1 heterocycles. The summed E-state index contributed by atoms with van der Waals surface area (Å²) in [5.74, 6) is 0.426. The molecule has 0 spiro atoms. The maximum atomic E-state index is 12.6. The van der Waals surface area contributed by atoms with Crippen LogP contribution in [0.4, 0.5) is 0 Å². The molecule has 112 valence electrons. The third kappa shape index (κ3) is 3.53. The summed E-state index contributed by atoms with van der Waals surface area (Å²) >= 11 is 6.21. The molecule has 4 heteroatoms. The zero-order valence-electron chi connectivity index (χ0n) is 12.8. The summed E-state index contributed by atoms with van der Waals surface area (Å²) in [7, 11) is 0. The number of rotatable bonds is 5. The highest BCUT2D eigenvalue weighted by atomic mass is 35.5. The molecular formula is C17H21ClN2O. The Balaban J connectivity index is 2.33. The van der Waals surface area contributed by atoms with Gasteiger partial charge in [0, 0.05) is 18.5 Å². The number of aromatic nitrogens is 1. The van der Waals surface area contributed by atoms with Crippen LogP contribution in [0.5, 0.6) is 0 Å². The van der Waals surface area contributed by atoms with Gasteiger partial charge in [-0.05, 0) is 24.3 Å². The maximum absolute atomic E-state index is 12.6. The number of amides is 1. The molecule has 0 fully saturated rings. The van der Waals surface area contributed by atoms with Gasteiger partial charge in [-0.15, -0.1) is 0 Å². The molecule has 1 atom stereocenters. The van der Waals surface area contributed by atoms with Crippen molar-refractivity contribution in [2.24, 2.45) is 5.92 Å². The summed E-state index contributed by atoms with van der Waals surface area (Å²) in [5.41, 5.74) is 0.420. The van der Waals surface area contributed by atoms with E-state index in [0.717, 1.165) is 23.7 Å². The summed E-state index contributed by atoms with van der Waals surface area (Å²) in [6.07, 6.45) is 1.05. The first-order valence-electron chi connectivity index (χ1n) is 7.41. The Hall–Kier alpha value is -1.61. The molecule has 21 heavy (non-hydrogen) atoms. The SMILES string of the molecule is CCC(C)CN(CC)C(=O)c1cc2ccccc2c(Cl)n1. The predicted molar refractivity (Wildman–Crippen MR) is 87.8 cm³/mol. The number of benzene rings is 1. The van der Waals surface area contributed by atoms with Crippen molar-refractivity contribution < 1.29 is 4.79 Å². The monoisotopic (exact) mass is 304 g/mol. The van der Waals surface area contributed by atoms with Crippen molar-refractivity contribution in [2.75, 3.05) is 13.1 Å². The number of halogens is 1. The summed E-state index contributed by atoms with van der Waals surface area (Å²) < 4.78 is 0. The maximum Gasteiger partial charge on any atom is 0.272 e. The standard InChI is InChI=1S/C17H21ClN2O/c1-4-12(3)11-20(5-2)17(21)15-10-13-8-6-7-9-14(13)16(18)19-15/h6-10,12H,4-5,11H2,1-3H3. The van der Waals surface area contributed by atoms with Gasteiger partial charge in [0.05, 0.1) is 0 Å². The summed E-state index contributed by atoms with van der Waals surface area (Å²) in [5, 5.41) is 2.21. The van der Waals surface area contributed by atoms with Crippen LogP contribution in [-0.4, -0.2) is 28.9 Å². The van der Waals surface area contributed by atoms with E-state index < -0.39 is 0 Å². The number of fused-ring (bicyclic) bond motifs is 1. The van der Waals surface area contributed by atoms with Gasteiger partial charge in [0.1, 0.15) is 10.8 Å². The normalized spacial score (nSPS) is 12.4. The van der Waals surface area contributed by atoms with E-state index in [4.69, 9.17) is 11.6 Å². The Bertz CT molecular complexity index is 642. The Labute approximate surface area is 130 Å². The minimum Gasteiger partial charge on any atom is -0.337 e. The first-order chi connectivity index (χ1) is 10.1. The fourth-order valence-corrected chi connectivity index (χ4v) is 2.55. The second kappa shape index (κ2) is 6.90. The van der Waals surface area contributed by atoms with E-state index in [2.05, 4.69) is 18.8 Å². The zero-order valence-corrected chi connectivity index (χ0v) is 13.5. The van der Waals surface area contributed by atoms with Crippen LogP contribution in [0.25, 0.3) is 10.8 Å². The molecule has 0 aliphatic heterocycles. The van der Waals surface area contributed by atoms with Crippen LogP contribution < -0.4 is 0 Å². The van der Waals surface area contributed by atoms with E-state index >= 15 is 0 Å². The predicted octanol–water partition coefficient (Wildman–Crippen LogP) is 4.40. The van der Waals surface area contributed by atoms with E-state index in [0.29, 0.717) is 23.3 Å². The molecule has 0 saturated carbocycles. The number of hydrogen-bond donors (Lipinski definition) is 0. The van der Waals surface area contributed by atoms with E-state index in [1.165, 1.54) is 0 Å². The molecule has 0 N–H and O–H groups in total. The minimum atomic E-state index is -0.0505. The van der Waals surface area contributed by atoms with Crippen molar-refractivity contribution in [3.05, 3.63) is 41.2 Å². The molecule has 1 amide bonds. The number of nitrogens with zero attached hydrogens (tertiary/aromatic N) is 2. The van der Waals surface area contributed by atoms with E-state index in [-0.39, 0.29) is 5.91 Å². The van der Waals surface area contributed by atoms with Gasteiger partial charge in [-0.25, -0.2) is 4.98 Å². The van der Waals surface area contributed by atoms with Crippen LogP contribution in [-0.2, 0) is 0 Å². The zero-order chi connectivity index (χ0) is 15.4.